The van der Waals surface area contributed by atoms with E-state index in [4.69, 9.17) is 9.84 Å². The number of rotatable bonds is 9. The fraction of sp³-hybridized carbons (Fsp3) is 0.500. The summed E-state index contributed by atoms with van der Waals surface area (Å²) in [4.78, 5) is 22.4. The molecule has 1 aromatic rings. The third-order valence-electron chi connectivity index (χ3n) is 3.05. The summed E-state index contributed by atoms with van der Waals surface area (Å²) in [5.41, 5.74) is 1.08. The van der Waals surface area contributed by atoms with E-state index in [1.807, 2.05) is 38.1 Å². The summed E-state index contributed by atoms with van der Waals surface area (Å²) in [6.07, 6.45) is 1.40. The molecule has 0 spiro atoms. The Morgan fingerprint density at radius 1 is 1.33 bits per heavy atom. The maximum Gasteiger partial charge on any atom is 0.303 e. The molecule has 0 aromatic heterocycles. The molecule has 1 rings (SSSR count). The lowest BCUT2D eigenvalue weighted by Crippen LogP contribution is -2.38. The first-order chi connectivity index (χ1) is 10.0. The minimum absolute atomic E-state index is 0.132. The van der Waals surface area contributed by atoms with Gasteiger partial charge in [0.1, 0.15) is 5.75 Å². The molecule has 1 atom stereocenters. The van der Waals surface area contributed by atoms with E-state index in [0.717, 1.165) is 5.56 Å². The number of carbonyl (C=O) groups is 2. The van der Waals surface area contributed by atoms with Crippen molar-refractivity contribution in [2.24, 2.45) is 0 Å². The van der Waals surface area contributed by atoms with Gasteiger partial charge in [-0.15, -0.1) is 0 Å². The average molecular weight is 293 g/mol. The SMILES string of the molecule is CCC(Oc1cccc(C)c1)C(=O)NCCCCC(=O)O. The van der Waals surface area contributed by atoms with Gasteiger partial charge in [0.2, 0.25) is 0 Å². The number of hydrogen-bond donors (Lipinski definition) is 2. The Kier molecular flexibility index (Phi) is 7.29. The lowest BCUT2D eigenvalue weighted by Gasteiger charge is -2.17. The Labute approximate surface area is 125 Å². The van der Waals surface area contributed by atoms with Gasteiger partial charge in [0.25, 0.3) is 5.91 Å². The van der Waals surface area contributed by atoms with Crippen molar-refractivity contribution in [3.8, 4) is 5.75 Å². The van der Waals surface area contributed by atoms with Gasteiger partial charge in [-0.25, -0.2) is 0 Å². The van der Waals surface area contributed by atoms with Crippen molar-refractivity contribution in [1.82, 2.24) is 5.32 Å². The molecule has 0 aliphatic rings. The monoisotopic (exact) mass is 293 g/mol. The van der Waals surface area contributed by atoms with Crippen molar-refractivity contribution in [3.05, 3.63) is 29.8 Å². The van der Waals surface area contributed by atoms with Crippen LogP contribution in [-0.4, -0.2) is 29.6 Å². The Morgan fingerprint density at radius 3 is 2.71 bits per heavy atom. The fourth-order valence-electron chi connectivity index (χ4n) is 1.90. The normalized spacial score (nSPS) is 11.7. The number of aryl methyl sites for hydroxylation is 1. The van der Waals surface area contributed by atoms with E-state index in [2.05, 4.69) is 5.32 Å². The largest absolute Gasteiger partial charge is 0.481 e. The molecule has 0 radical (unpaired) electrons. The molecular formula is C16H23NO4. The zero-order valence-electron chi connectivity index (χ0n) is 12.6. The second kappa shape index (κ2) is 9.00. The van der Waals surface area contributed by atoms with E-state index in [1.165, 1.54) is 0 Å². The molecule has 21 heavy (non-hydrogen) atoms. The summed E-state index contributed by atoms with van der Waals surface area (Å²) in [6, 6.07) is 7.58. The van der Waals surface area contributed by atoms with Gasteiger partial charge in [-0.3, -0.25) is 9.59 Å². The minimum Gasteiger partial charge on any atom is -0.481 e. The van der Waals surface area contributed by atoms with Crippen LogP contribution in [0.5, 0.6) is 5.75 Å². The maximum absolute atomic E-state index is 12.0. The van der Waals surface area contributed by atoms with Crippen molar-refractivity contribution in [2.75, 3.05) is 6.54 Å². The highest BCUT2D eigenvalue weighted by atomic mass is 16.5. The number of ether oxygens (including phenoxy) is 1. The Bertz CT molecular complexity index is 473. The molecule has 5 nitrogen and oxygen atoms in total. The van der Waals surface area contributed by atoms with Gasteiger partial charge in [0.15, 0.2) is 6.10 Å². The summed E-state index contributed by atoms with van der Waals surface area (Å²) >= 11 is 0. The standard InChI is InChI=1S/C16H23NO4/c1-3-14(21-13-8-6-7-12(2)11-13)16(20)17-10-5-4-9-15(18)19/h6-8,11,14H,3-5,9-10H2,1-2H3,(H,17,20)(H,18,19). The second-order valence-corrected chi connectivity index (χ2v) is 4.97. The lowest BCUT2D eigenvalue weighted by atomic mass is 10.2. The van der Waals surface area contributed by atoms with Crippen molar-refractivity contribution in [1.29, 1.82) is 0 Å². The van der Waals surface area contributed by atoms with Crippen molar-refractivity contribution < 1.29 is 19.4 Å². The van der Waals surface area contributed by atoms with Gasteiger partial charge in [-0.1, -0.05) is 19.1 Å². The predicted molar refractivity (Wildman–Crippen MR) is 80.4 cm³/mol. The number of carbonyl (C=O) groups excluding carboxylic acids is 1. The maximum atomic E-state index is 12.0. The number of aliphatic carboxylic acids is 1. The first kappa shape index (κ1) is 17.0. The topological polar surface area (TPSA) is 75.6 Å². The number of carboxylic acids is 1. The van der Waals surface area contributed by atoms with Crippen LogP contribution in [0.25, 0.3) is 0 Å². The molecule has 0 saturated heterocycles. The van der Waals surface area contributed by atoms with Crippen LogP contribution in [0.15, 0.2) is 24.3 Å². The van der Waals surface area contributed by atoms with E-state index in [1.54, 1.807) is 0 Å². The summed E-state index contributed by atoms with van der Waals surface area (Å²) in [6.45, 7) is 4.33. The number of amides is 1. The number of benzene rings is 1. The number of nitrogens with one attached hydrogen (secondary N) is 1. The second-order valence-electron chi connectivity index (χ2n) is 4.97. The molecule has 1 aromatic carbocycles. The molecule has 0 heterocycles. The molecule has 0 saturated carbocycles. The Balaban J connectivity index is 2.37. The average Bonchev–Trinajstić information content (AvgIpc) is 2.44. The molecule has 1 amide bonds. The third kappa shape index (κ3) is 6.79. The van der Waals surface area contributed by atoms with Crippen LogP contribution in [0.1, 0.15) is 38.2 Å². The van der Waals surface area contributed by atoms with Gasteiger partial charge >= 0.3 is 5.97 Å². The van der Waals surface area contributed by atoms with E-state index in [0.29, 0.717) is 31.6 Å². The first-order valence-electron chi connectivity index (χ1n) is 7.25. The van der Waals surface area contributed by atoms with Crippen LogP contribution in [0, 0.1) is 6.92 Å². The molecule has 5 heteroatoms. The highest BCUT2D eigenvalue weighted by Crippen LogP contribution is 2.15. The van der Waals surface area contributed by atoms with E-state index in [9.17, 15) is 9.59 Å². The van der Waals surface area contributed by atoms with Gasteiger partial charge in [-0.05, 0) is 43.9 Å². The summed E-state index contributed by atoms with van der Waals surface area (Å²) in [7, 11) is 0. The molecular weight excluding hydrogens is 270 g/mol. The minimum atomic E-state index is -0.810. The number of hydrogen-bond acceptors (Lipinski definition) is 3. The summed E-state index contributed by atoms with van der Waals surface area (Å²) < 4.78 is 5.70. The van der Waals surface area contributed by atoms with Gasteiger partial charge in [-0.2, -0.15) is 0 Å². The zero-order valence-corrected chi connectivity index (χ0v) is 12.6. The summed E-state index contributed by atoms with van der Waals surface area (Å²) in [5.74, 6) is -0.284. The number of unbranched alkanes of at least 4 members (excludes halogenated alkanes) is 1. The Morgan fingerprint density at radius 2 is 2.10 bits per heavy atom. The van der Waals surface area contributed by atoms with Crippen molar-refractivity contribution in [3.63, 3.8) is 0 Å². The van der Waals surface area contributed by atoms with Crippen LogP contribution >= 0.6 is 0 Å². The smallest absolute Gasteiger partial charge is 0.303 e. The molecule has 0 aliphatic heterocycles. The van der Waals surface area contributed by atoms with E-state index >= 15 is 0 Å². The van der Waals surface area contributed by atoms with Gasteiger partial charge in [0, 0.05) is 13.0 Å². The molecule has 0 bridgehead atoms. The highest BCUT2D eigenvalue weighted by Gasteiger charge is 2.17. The van der Waals surface area contributed by atoms with Crippen molar-refractivity contribution in [2.45, 2.75) is 45.6 Å². The van der Waals surface area contributed by atoms with Gasteiger partial charge < -0.3 is 15.2 Å². The van der Waals surface area contributed by atoms with Crippen LogP contribution in [-0.2, 0) is 9.59 Å². The molecule has 1 unspecified atom stereocenters. The Hall–Kier alpha value is -2.04. The summed E-state index contributed by atoms with van der Waals surface area (Å²) in [5, 5.41) is 11.3. The third-order valence-corrected chi connectivity index (χ3v) is 3.05. The lowest BCUT2D eigenvalue weighted by molar-refractivity contribution is -0.137. The van der Waals surface area contributed by atoms with E-state index < -0.39 is 12.1 Å². The predicted octanol–water partition coefficient (Wildman–Crippen LogP) is 2.52. The van der Waals surface area contributed by atoms with Gasteiger partial charge in [0.05, 0.1) is 0 Å². The van der Waals surface area contributed by atoms with E-state index in [-0.39, 0.29) is 12.3 Å². The molecule has 116 valence electrons. The first-order valence-corrected chi connectivity index (χ1v) is 7.25. The quantitative estimate of drug-likeness (QED) is 0.686. The van der Waals surface area contributed by atoms with Crippen molar-refractivity contribution >= 4 is 11.9 Å². The van der Waals surface area contributed by atoms with Crippen LogP contribution in [0.4, 0.5) is 0 Å². The van der Waals surface area contributed by atoms with Crippen LogP contribution < -0.4 is 10.1 Å². The number of carboxylic acid groups (broad SMARTS) is 1. The molecule has 0 fully saturated rings. The fourth-order valence-corrected chi connectivity index (χ4v) is 1.90. The van der Waals surface area contributed by atoms with Crippen LogP contribution in [0.3, 0.4) is 0 Å². The molecule has 2 N–H and O–H groups in total. The highest BCUT2D eigenvalue weighted by molar-refractivity contribution is 5.81. The molecule has 0 aliphatic carbocycles. The van der Waals surface area contributed by atoms with Crippen LogP contribution in [0.2, 0.25) is 0 Å². The zero-order chi connectivity index (χ0) is 15.7.